The van der Waals surface area contributed by atoms with E-state index in [1.54, 1.807) is 6.33 Å². The molecule has 0 unspecified atom stereocenters. The largest absolute Gasteiger partial charge is 0.396 e. The standard InChI is InChI=1S/C15H21N5O2/c1-3-20-10-16-19-14(20)12-6-4-5-7-13(12)18-15(22)17-11(2)8-9-21/h4-7,10-11,21H,3,8-9H2,1-2H3,(H2,17,18,22)/t11-/m1/s1. The molecule has 1 atom stereocenters. The zero-order valence-corrected chi connectivity index (χ0v) is 12.8. The highest BCUT2D eigenvalue weighted by atomic mass is 16.3. The van der Waals surface area contributed by atoms with Crippen LogP contribution < -0.4 is 10.6 Å². The number of aliphatic hydroxyl groups is 1. The van der Waals surface area contributed by atoms with E-state index in [0.717, 1.165) is 12.1 Å². The first-order chi connectivity index (χ1) is 10.7. The van der Waals surface area contributed by atoms with Crippen molar-refractivity contribution >= 4 is 11.7 Å². The second-order valence-corrected chi connectivity index (χ2v) is 5.00. The summed E-state index contributed by atoms with van der Waals surface area (Å²) in [6.45, 7) is 4.63. The fourth-order valence-corrected chi connectivity index (χ4v) is 2.13. The number of nitrogens with zero attached hydrogens (tertiary/aromatic N) is 3. The average molecular weight is 303 g/mol. The summed E-state index contributed by atoms with van der Waals surface area (Å²) in [6, 6.07) is 7.04. The molecule has 7 heteroatoms. The molecule has 1 aromatic carbocycles. The van der Waals surface area contributed by atoms with Gasteiger partial charge in [-0.15, -0.1) is 10.2 Å². The molecule has 0 saturated heterocycles. The third-order valence-corrected chi connectivity index (χ3v) is 3.31. The van der Waals surface area contributed by atoms with Crippen molar-refractivity contribution in [3.63, 3.8) is 0 Å². The van der Waals surface area contributed by atoms with Crippen molar-refractivity contribution in [1.82, 2.24) is 20.1 Å². The van der Waals surface area contributed by atoms with Gasteiger partial charge in [0, 0.05) is 24.8 Å². The third-order valence-electron chi connectivity index (χ3n) is 3.31. The first-order valence-corrected chi connectivity index (χ1v) is 7.31. The predicted octanol–water partition coefficient (Wildman–Crippen LogP) is 1.86. The number of hydrogen-bond acceptors (Lipinski definition) is 4. The van der Waals surface area contributed by atoms with Gasteiger partial charge in [0.25, 0.3) is 0 Å². The Morgan fingerprint density at radius 2 is 2.18 bits per heavy atom. The predicted molar refractivity (Wildman–Crippen MR) is 84.5 cm³/mol. The van der Waals surface area contributed by atoms with Crippen molar-refractivity contribution in [3.05, 3.63) is 30.6 Å². The van der Waals surface area contributed by atoms with Crippen LogP contribution in [0.3, 0.4) is 0 Å². The molecule has 0 fully saturated rings. The number of aryl methyl sites for hydroxylation is 1. The summed E-state index contributed by atoms with van der Waals surface area (Å²) in [7, 11) is 0. The number of urea groups is 1. The van der Waals surface area contributed by atoms with Crippen LogP contribution in [-0.2, 0) is 6.54 Å². The van der Waals surface area contributed by atoms with E-state index in [0.29, 0.717) is 17.9 Å². The van der Waals surface area contributed by atoms with E-state index < -0.39 is 0 Å². The maximum atomic E-state index is 12.0. The van der Waals surface area contributed by atoms with E-state index in [1.807, 2.05) is 42.7 Å². The molecule has 2 rings (SSSR count). The molecule has 7 nitrogen and oxygen atoms in total. The number of amides is 2. The van der Waals surface area contributed by atoms with Crippen molar-refractivity contribution in [2.24, 2.45) is 0 Å². The van der Waals surface area contributed by atoms with Gasteiger partial charge in [0.15, 0.2) is 5.82 Å². The van der Waals surface area contributed by atoms with Crippen LogP contribution in [0, 0.1) is 0 Å². The fourth-order valence-electron chi connectivity index (χ4n) is 2.13. The van der Waals surface area contributed by atoms with Gasteiger partial charge in [0.2, 0.25) is 0 Å². The Kier molecular flexibility index (Phi) is 5.48. The van der Waals surface area contributed by atoms with Crippen LogP contribution in [0.15, 0.2) is 30.6 Å². The first kappa shape index (κ1) is 16.0. The molecule has 3 N–H and O–H groups in total. The molecule has 0 spiro atoms. The third kappa shape index (κ3) is 3.82. The molecule has 0 bridgehead atoms. The molecule has 0 aliphatic carbocycles. The number of carbonyl (C=O) groups is 1. The number of rotatable bonds is 6. The van der Waals surface area contributed by atoms with Gasteiger partial charge in [-0.1, -0.05) is 12.1 Å². The van der Waals surface area contributed by atoms with Crippen molar-refractivity contribution < 1.29 is 9.90 Å². The highest BCUT2D eigenvalue weighted by Crippen LogP contribution is 2.25. The molecule has 0 aliphatic heterocycles. The highest BCUT2D eigenvalue weighted by Gasteiger charge is 2.13. The van der Waals surface area contributed by atoms with Crippen molar-refractivity contribution in [2.75, 3.05) is 11.9 Å². The molecule has 0 radical (unpaired) electrons. The summed E-state index contributed by atoms with van der Waals surface area (Å²) in [5.41, 5.74) is 1.48. The zero-order chi connectivity index (χ0) is 15.9. The topological polar surface area (TPSA) is 92.1 Å². The Hall–Kier alpha value is -2.41. The fraction of sp³-hybridized carbons (Fsp3) is 0.400. The maximum absolute atomic E-state index is 12.0. The zero-order valence-electron chi connectivity index (χ0n) is 12.8. The molecule has 2 aromatic rings. The van der Waals surface area contributed by atoms with Crippen LogP contribution in [-0.4, -0.2) is 38.6 Å². The average Bonchev–Trinajstić information content (AvgIpc) is 2.96. The van der Waals surface area contributed by atoms with Gasteiger partial charge in [-0.25, -0.2) is 4.79 Å². The summed E-state index contributed by atoms with van der Waals surface area (Å²) in [5, 5.41) is 22.5. The van der Waals surface area contributed by atoms with Crippen LogP contribution in [0.4, 0.5) is 10.5 Å². The number of hydrogen-bond donors (Lipinski definition) is 3. The monoisotopic (exact) mass is 303 g/mol. The Morgan fingerprint density at radius 1 is 1.41 bits per heavy atom. The molecule has 1 aromatic heterocycles. The van der Waals surface area contributed by atoms with E-state index >= 15 is 0 Å². The second kappa shape index (κ2) is 7.56. The van der Waals surface area contributed by atoms with Crippen LogP contribution in [0.1, 0.15) is 20.3 Å². The van der Waals surface area contributed by atoms with E-state index in [9.17, 15) is 4.79 Å². The van der Waals surface area contributed by atoms with Crippen LogP contribution in [0.2, 0.25) is 0 Å². The normalized spacial score (nSPS) is 12.0. The van der Waals surface area contributed by atoms with E-state index in [1.165, 1.54) is 0 Å². The van der Waals surface area contributed by atoms with Gasteiger partial charge in [-0.3, -0.25) is 0 Å². The lowest BCUT2D eigenvalue weighted by Crippen LogP contribution is -2.36. The number of aromatic nitrogens is 3. The maximum Gasteiger partial charge on any atom is 0.319 e. The van der Waals surface area contributed by atoms with Crippen LogP contribution in [0.25, 0.3) is 11.4 Å². The van der Waals surface area contributed by atoms with Crippen molar-refractivity contribution in [3.8, 4) is 11.4 Å². The lowest BCUT2D eigenvalue weighted by molar-refractivity contribution is 0.241. The van der Waals surface area contributed by atoms with E-state index in [2.05, 4.69) is 20.8 Å². The van der Waals surface area contributed by atoms with E-state index in [4.69, 9.17) is 5.11 Å². The Morgan fingerprint density at radius 3 is 2.91 bits per heavy atom. The molecule has 118 valence electrons. The molecular weight excluding hydrogens is 282 g/mol. The molecule has 22 heavy (non-hydrogen) atoms. The minimum Gasteiger partial charge on any atom is -0.396 e. The van der Waals surface area contributed by atoms with Crippen molar-refractivity contribution in [2.45, 2.75) is 32.9 Å². The smallest absolute Gasteiger partial charge is 0.319 e. The lowest BCUT2D eigenvalue weighted by atomic mass is 10.1. The van der Waals surface area contributed by atoms with Gasteiger partial charge in [-0.05, 0) is 32.4 Å². The number of para-hydroxylation sites is 1. The summed E-state index contributed by atoms with van der Waals surface area (Å²) >= 11 is 0. The number of benzene rings is 1. The van der Waals surface area contributed by atoms with Gasteiger partial charge in [0.1, 0.15) is 6.33 Å². The Balaban J connectivity index is 2.17. The Bertz CT molecular complexity index is 626. The number of nitrogens with one attached hydrogen (secondary N) is 2. The van der Waals surface area contributed by atoms with Gasteiger partial charge >= 0.3 is 6.03 Å². The minimum absolute atomic E-state index is 0.0393. The Labute approximate surface area is 129 Å². The lowest BCUT2D eigenvalue weighted by Gasteiger charge is -2.15. The number of anilines is 1. The van der Waals surface area contributed by atoms with Crippen LogP contribution in [0.5, 0.6) is 0 Å². The minimum atomic E-state index is -0.309. The summed E-state index contributed by atoms with van der Waals surface area (Å²) in [4.78, 5) is 12.0. The quantitative estimate of drug-likeness (QED) is 0.759. The number of carbonyl (C=O) groups excluding carboxylic acids is 1. The van der Waals surface area contributed by atoms with Gasteiger partial charge < -0.3 is 20.3 Å². The highest BCUT2D eigenvalue weighted by molar-refractivity contribution is 5.93. The van der Waals surface area contributed by atoms with Crippen LogP contribution >= 0.6 is 0 Å². The molecule has 0 saturated carbocycles. The summed E-state index contributed by atoms with van der Waals surface area (Å²) < 4.78 is 1.91. The number of aliphatic hydroxyl groups excluding tert-OH is 1. The molecule has 0 aliphatic rings. The first-order valence-electron chi connectivity index (χ1n) is 7.31. The molecule has 2 amide bonds. The molecule has 1 heterocycles. The second-order valence-electron chi connectivity index (χ2n) is 5.00. The van der Waals surface area contributed by atoms with E-state index in [-0.39, 0.29) is 18.7 Å². The SMILES string of the molecule is CCn1cnnc1-c1ccccc1NC(=O)N[C@H](C)CCO. The summed E-state index contributed by atoms with van der Waals surface area (Å²) in [5.74, 6) is 0.710. The van der Waals surface area contributed by atoms with Crippen molar-refractivity contribution in [1.29, 1.82) is 0 Å². The van der Waals surface area contributed by atoms with Gasteiger partial charge in [-0.2, -0.15) is 0 Å². The molecular formula is C15H21N5O2. The summed E-state index contributed by atoms with van der Waals surface area (Å²) in [6.07, 6.45) is 2.18. The van der Waals surface area contributed by atoms with Gasteiger partial charge in [0.05, 0.1) is 5.69 Å².